The van der Waals surface area contributed by atoms with E-state index in [4.69, 9.17) is 9.47 Å². The van der Waals surface area contributed by atoms with Crippen molar-refractivity contribution < 1.29 is 19.1 Å². The number of rotatable bonds is 12. The average Bonchev–Trinajstić information content (AvgIpc) is 2.92. The zero-order valence-electron chi connectivity index (χ0n) is 23.2. The maximum absolute atomic E-state index is 13.8. The second-order valence-electron chi connectivity index (χ2n) is 10.4. The molecule has 0 heterocycles. The van der Waals surface area contributed by atoms with Gasteiger partial charge in [-0.25, -0.2) is 0 Å². The van der Waals surface area contributed by atoms with Crippen LogP contribution in [-0.4, -0.2) is 43.0 Å². The van der Waals surface area contributed by atoms with Gasteiger partial charge in [-0.05, 0) is 46.7 Å². The van der Waals surface area contributed by atoms with E-state index < -0.39 is 6.04 Å². The molecule has 0 aliphatic heterocycles. The summed E-state index contributed by atoms with van der Waals surface area (Å²) < 4.78 is 11.5. The lowest BCUT2D eigenvalue weighted by Gasteiger charge is -2.32. The molecule has 0 saturated heterocycles. The monoisotopic (exact) mass is 516 g/mol. The summed E-state index contributed by atoms with van der Waals surface area (Å²) in [6, 6.07) is 24.4. The third kappa shape index (κ3) is 8.10. The molecule has 0 spiro atoms. The van der Waals surface area contributed by atoms with Gasteiger partial charge in [-0.15, -0.1) is 0 Å². The number of hydrogen-bond acceptors (Lipinski definition) is 4. The van der Waals surface area contributed by atoms with Gasteiger partial charge in [0.1, 0.15) is 17.5 Å². The lowest BCUT2D eigenvalue weighted by atomic mass is 9.86. The van der Waals surface area contributed by atoms with E-state index in [-0.39, 0.29) is 30.4 Å². The molecule has 3 aromatic carbocycles. The van der Waals surface area contributed by atoms with Crippen LogP contribution in [0.15, 0.2) is 78.9 Å². The predicted octanol–water partition coefficient (Wildman–Crippen LogP) is 5.54. The van der Waals surface area contributed by atoms with Crippen molar-refractivity contribution in [2.75, 3.05) is 20.3 Å². The summed E-state index contributed by atoms with van der Waals surface area (Å²) in [4.78, 5) is 28.9. The molecule has 0 bridgehead atoms. The Morgan fingerprint density at radius 3 is 2.29 bits per heavy atom. The largest absolute Gasteiger partial charge is 0.497 e. The molecule has 1 atom stereocenters. The van der Waals surface area contributed by atoms with E-state index in [1.165, 1.54) is 0 Å². The van der Waals surface area contributed by atoms with Gasteiger partial charge in [0.05, 0.1) is 7.11 Å². The fourth-order valence-corrected chi connectivity index (χ4v) is 4.32. The number of carbonyl (C=O) groups is 2. The fraction of sp³-hybridized carbons (Fsp3) is 0.375. The van der Waals surface area contributed by atoms with E-state index in [0.717, 1.165) is 23.1 Å². The second-order valence-corrected chi connectivity index (χ2v) is 10.4. The normalized spacial score (nSPS) is 11.9. The number of benzene rings is 3. The van der Waals surface area contributed by atoms with Crippen LogP contribution in [0.1, 0.15) is 50.8 Å². The Morgan fingerprint density at radius 1 is 0.921 bits per heavy atom. The van der Waals surface area contributed by atoms with Gasteiger partial charge in [-0.2, -0.15) is 0 Å². The minimum atomic E-state index is -0.705. The van der Waals surface area contributed by atoms with Gasteiger partial charge in [0.15, 0.2) is 6.61 Å². The van der Waals surface area contributed by atoms with Crippen LogP contribution in [-0.2, 0) is 28.0 Å². The molecule has 6 heteroatoms. The van der Waals surface area contributed by atoms with Crippen LogP contribution in [0.2, 0.25) is 0 Å². The van der Waals surface area contributed by atoms with Crippen LogP contribution in [0.4, 0.5) is 0 Å². The first-order valence-corrected chi connectivity index (χ1v) is 13.2. The van der Waals surface area contributed by atoms with Crippen molar-refractivity contribution in [2.45, 2.75) is 58.5 Å². The van der Waals surface area contributed by atoms with Crippen molar-refractivity contribution in [2.24, 2.45) is 0 Å². The molecule has 1 N–H and O–H groups in total. The minimum absolute atomic E-state index is 0.143. The third-order valence-corrected chi connectivity index (χ3v) is 6.35. The molecular weight excluding hydrogens is 476 g/mol. The Morgan fingerprint density at radius 2 is 1.61 bits per heavy atom. The minimum Gasteiger partial charge on any atom is -0.497 e. The smallest absolute Gasteiger partial charge is 0.261 e. The number of nitrogens with zero attached hydrogens (tertiary/aromatic N) is 1. The highest BCUT2D eigenvalue weighted by Crippen LogP contribution is 2.31. The van der Waals surface area contributed by atoms with Gasteiger partial charge in [-0.3, -0.25) is 9.59 Å². The first kappa shape index (κ1) is 28.8. The van der Waals surface area contributed by atoms with Gasteiger partial charge in [-0.1, -0.05) is 88.4 Å². The number of methoxy groups -OCH3 is 1. The van der Waals surface area contributed by atoms with Crippen LogP contribution in [0.3, 0.4) is 0 Å². The quantitative estimate of drug-likeness (QED) is 0.343. The summed E-state index contributed by atoms with van der Waals surface area (Å²) in [7, 11) is 1.61. The highest BCUT2D eigenvalue weighted by atomic mass is 16.5. The van der Waals surface area contributed by atoms with Crippen molar-refractivity contribution in [1.29, 1.82) is 0 Å². The number of carbonyl (C=O) groups excluding carboxylic acids is 2. The van der Waals surface area contributed by atoms with Gasteiger partial charge in [0.2, 0.25) is 5.91 Å². The molecule has 0 radical (unpaired) electrons. The standard InChI is InChI=1S/C32H40N2O4/c1-6-19-33-31(36)28(21-24-13-8-7-9-14-24)34(22-25-15-12-16-26(20-25)37-5)30(35)23-38-29-18-11-10-17-27(29)32(2,3)4/h7-18,20,28H,6,19,21-23H2,1-5H3,(H,33,36)/t28-/m1/s1. The number of ether oxygens (including phenoxy) is 2. The van der Waals surface area contributed by atoms with Crippen LogP contribution in [0.5, 0.6) is 11.5 Å². The molecular formula is C32H40N2O4. The topological polar surface area (TPSA) is 67.9 Å². The van der Waals surface area contributed by atoms with E-state index >= 15 is 0 Å². The van der Waals surface area contributed by atoms with E-state index in [9.17, 15) is 9.59 Å². The molecule has 0 aliphatic carbocycles. The van der Waals surface area contributed by atoms with Gasteiger partial charge in [0.25, 0.3) is 5.91 Å². The Bertz CT molecular complexity index is 1190. The maximum Gasteiger partial charge on any atom is 0.261 e. The zero-order valence-corrected chi connectivity index (χ0v) is 23.2. The van der Waals surface area contributed by atoms with E-state index in [1.807, 2.05) is 85.8 Å². The number of hydrogen-bond donors (Lipinski definition) is 1. The molecule has 3 aromatic rings. The summed E-state index contributed by atoms with van der Waals surface area (Å²) >= 11 is 0. The molecule has 2 amide bonds. The van der Waals surface area contributed by atoms with Crippen molar-refractivity contribution in [3.63, 3.8) is 0 Å². The first-order chi connectivity index (χ1) is 18.2. The van der Waals surface area contributed by atoms with Gasteiger partial charge < -0.3 is 19.7 Å². The molecule has 0 aliphatic rings. The third-order valence-electron chi connectivity index (χ3n) is 6.35. The summed E-state index contributed by atoms with van der Waals surface area (Å²) in [5, 5.41) is 3.00. The van der Waals surface area contributed by atoms with Crippen LogP contribution in [0, 0.1) is 0 Å². The number of amides is 2. The van der Waals surface area contributed by atoms with Crippen molar-refractivity contribution in [3.05, 3.63) is 95.6 Å². The Labute approximate surface area is 227 Å². The summed E-state index contributed by atoms with van der Waals surface area (Å²) in [6.07, 6.45) is 1.20. The number of para-hydroxylation sites is 1. The highest BCUT2D eigenvalue weighted by Gasteiger charge is 2.31. The van der Waals surface area contributed by atoms with Crippen LogP contribution < -0.4 is 14.8 Å². The molecule has 38 heavy (non-hydrogen) atoms. The summed E-state index contributed by atoms with van der Waals surface area (Å²) in [5.74, 6) is 0.927. The van der Waals surface area contributed by atoms with Gasteiger partial charge >= 0.3 is 0 Å². The molecule has 202 valence electrons. The zero-order chi connectivity index (χ0) is 27.5. The molecule has 0 fully saturated rings. The Hall–Kier alpha value is -3.80. The average molecular weight is 517 g/mol. The lowest BCUT2D eigenvalue weighted by Crippen LogP contribution is -2.51. The Kier molecular flexibility index (Phi) is 10.3. The van der Waals surface area contributed by atoms with Crippen LogP contribution >= 0.6 is 0 Å². The van der Waals surface area contributed by atoms with E-state index in [2.05, 4.69) is 26.1 Å². The van der Waals surface area contributed by atoms with E-state index in [0.29, 0.717) is 24.5 Å². The molecule has 3 rings (SSSR count). The highest BCUT2D eigenvalue weighted by molar-refractivity contribution is 5.88. The maximum atomic E-state index is 13.8. The molecule has 0 aromatic heterocycles. The fourth-order valence-electron chi connectivity index (χ4n) is 4.32. The summed E-state index contributed by atoms with van der Waals surface area (Å²) in [6.45, 7) is 8.95. The molecule has 0 saturated carbocycles. The van der Waals surface area contributed by atoms with Crippen LogP contribution in [0.25, 0.3) is 0 Å². The second kappa shape index (κ2) is 13.7. The van der Waals surface area contributed by atoms with Crippen molar-refractivity contribution in [3.8, 4) is 11.5 Å². The number of nitrogens with one attached hydrogen (secondary N) is 1. The van der Waals surface area contributed by atoms with Gasteiger partial charge in [0, 0.05) is 19.5 Å². The molecule has 6 nitrogen and oxygen atoms in total. The SMILES string of the molecule is CCCNC(=O)[C@@H](Cc1ccccc1)N(Cc1cccc(OC)c1)C(=O)COc1ccccc1C(C)(C)C. The van der Waals surface area contributed by atoms with Crippen molar-refractivity contribution in [1.82, 2.24) is 10.2 Å². The summed E-state index contributed by atoms with van der Waals surface area (Å²) in [5.41, 5.74) is 2.73. The first-order valence-electron chi connectivity index (χ1n) is 13.2. The van der Waals surface area contributed by atoms with Crippen molar-refractivity contribution >= 4 is 11.8 Å². The molecule has 0 unspecified atom stereocenters. The lowest BCUT2D eigenvalue weighted by molar-refractivity contribution is -0.142. The Balaban J connectivity index is 1.94. The predicted molar refractivity (Wildman–Crippen MR) is 151 cm³/mol. The van der Waals surface area contributed by atoms with E-state index in [1.54, 1.807) is 12.0 Å².